The van der Waals surface area contributed by atoms with Gasteiger partial charge in [0.25, 0.3) is 5.91 Å². The van der Waals surface area contributed by atoms with Crippen LogP contribution in [0.3, 0.4) is 0 Å². The van der Waals surface area contributed by atoms with E-state index >= 15 is 0 Å². The molecule has 7 nitrogen and oxygen atoms in total. The van der Waals surface area contributed by atoms with Crippen LogP contribution in [0.25, 0.3) is 10.9 Å². The lowest BCUT2D eigenvalue weighted by Gasteiger charge is -2.26. The van der Waals surface area contributed by atoms with E-state index in [0.717, 1.165) is 0 Å². The van der Waals surface area contributed by atoms with Crippen molar-refractivity contribution in [3.05, 3.63) is 59.3 Å². The summed E-state index contributed by atoms with van der Waals surface area (Å²) in [7, 11) is 1.62. The average molecular weight is 364 g/mol. The standard InChI is InChI=1S/C20H16N2O5/c1-22-15-8-11(6-7-16(15)27-10-17(22)23)20(26)19-13(9-18(24)25)12-4-2-3-5-14(12)21-19/h2-8,21H,9-10H2,1H3,(H,24,25). The second-order valence-electron chi connectivity index (χ2n) is 6.35. The summed E-state index contributed by atoms with van der Waals surface area (Å²) >= 11 is 0. The quantitative estimate of drug-likeness (QED) is 0.693. The van der Waals surface area contributed by atoms with Gasteiger partial charge in [-0.2, -0.15) is 0 Å². The Balaban J connectivity index is 1.82. The van der Waals surface area contributed by atoms with Gasteiger partial charge >= 0.3 is 5.97 Å². The number of benzene rings is 2. The van der Waals surface area contributed by atoms with Crippen LogP contribution in [0.15, 0.2) is 42.5 Å². The van der Waals surface area contributed by atoms with Gasteiger partial charge < -0.3 is 19.7 Å². The molecule has 0 radical (unpaired) electrons. The summed E-state index contributed by atoms with van der Waals surface area (Å²) in [6, 6.07) is 12.0. The van der Waals surface area contributed by atoms with Crippen LogP contribution in [0.1, 0.15) is 21.6 Å². The Morgan fingerprint density at radius 3 is 2.78 bits per heavy atom. The molecule has 0 fully saturated rings. The third-order valence-corrected chi connectivity index (χ3v) is 4.68. The molecule has 2 heterocycles. The average Bonchev–Trinajstić information content (AvgIpc) is 3.02. The smallest absolute Gasteiger partial charge is 0.307 e. The van der Waals surface area contributed by atoms with Gasteiger partial charge in [-0.1, -0.05) is 18.2 Å². The fourth-order valence-electron chi connectivity index (χ4n) is 3.29. The number of ether oxygens (including phenoxy) is 1. The molecule has 0 aliphatic carbocycles. The number of anilines is 1. The molecule has 0 saturated heterocycles. The first-order chi connectivity index (χ1) is 13.0. The van der Waals surface area contributed by atoms with E-state index < -0.39 is 5.97 Å². The van der Waals surface area contributed by atoms with Crippen molar-refractivity contribution in [2.75, 3.05) is 18.6 Å². The lowest BCUT2D eigenvalue weighted by Crippen LogP contribution is -2.35. The van der Waals surface area contributed by atoms with E-state index in [1.807, 2.05) is 6.07 Å². The van der Waals surface area contributed by atoms with E-state index in [2.05, 4.69) is 4.98 Å². The summed E-state index contributed by atoms with van der Waals surface area (Å²) in [5.41, 5.74) is 2.24. The normalized spacial score (nSPS) is 13.4. The minimum atomic E-state index is -1.02. The van der Waals surface area contributed by atoms with E-state index in [4.69, 9.17) is 4.74 Å². The molecule has 0 atom stereocenters. The van der Waals surface area contributed by atoms with Crippen molar-refractivity contribution in [3.63, 3.8) is 0 Å². The molecule has 2 N–H and O–H groups in total. The molecule has 1 amide bonds. The number of hydrogen-bond donors (Lipinski definition) is 2. The number of carboxylic acid groups (broad SMARTS) is 1. The number of amides is 1. The molecule has 4 rings (SSSR count). The van der Waals surface area contributed by atoms with Crippen molar-refractivity contribution in [2.24, 2.45) is 0 Å². The third-order valence-electron chi connectivity index (χ3n) is 4.68. The minimum absolute atomic E-state index is 0.0401. The number of rotatable bonds is 4. The van der Waals surface area contributed by atoms with Gasteiger partial charge in [0.15, 0.2) is 6.61 Å². The second kappa shape index (κ2) is 6.28. The van der Waals surface area contributed by atoms with Crippen molar-refractivity contribution in [2.45, 2.75) is 6.42 Å². The minimum Gasteiger partial charge on any atom is -0.482 e. The van der Waals surface area contributed by atoms with E-state index in [-0.39, 0.29) is 30.4 Å². The van der Waals surface area contributed by atoms with Gasteiger partial charge in [-0.15, -0.1) is 0 Å². The first kappa shape index (κ1) is 16.8. The fourth-order valence-corrected chi connectivity index (χ4v) is 3.29. The molecular weight excluding hydrogens is 348 g/mol. The van der Waals surface area contributed by atoms with Crippen LogP contribution >= 0.6 is 0 Å². The van der Waals surface area contributed by atoms with Crippen LogP contribution in [0.4, 0.5) is 5.69 Å². The molecule has 0 unspecified atom stereocenters. The molecule has 1 aliphatic rings. The summed E-state index contributed by atoms with van der Waals surface area (Å²) in [6.45, 7) is -0.0401. The van der Waals surface area contributed by atoms with Gasteiger partial charge in [0.05, 0.1) is 17.8 Å². The number of carboxylic acids is 1. The summed E-state index contributed by atoms with van der Waals surface area (Å²) in [5, 5.41) is 9.96. The number of hydrogen-bond acceptors (Lipinski definition) is 4. The van der Waals surface area contributed by atoms with Crippen molar-refractivity contribution in [3.8, 4) is 5.75 Å². The molecule has 0 bridgehead atoms. The van der Waals surface area contributed by atoms with Crippen molar-refractivity contribution >= 4 is 34.3 Å². The van der Waals surface area contributed by atoms with Crippen LogP contribution in [-0.4, -0.2) is 41.4 Å². The topological polar surface area (TPSA) is 99.7 Å². The molecule has 1 aliphatic heterocycles. The highest BCUT2D eigenvalue weighted by Gasteiger charge is 2.25. The summed E-state index contributed by atoms with van der Waals surface area (Å²) in [4.78, 5) is 40.8. The number of carbonyl (C=O) groups excluding carboxylic acids is 2. The van der Waals surface area contributed by atoms with Gasteiger partial charge in [0.2, 0.25) is 5.78 Å². The number of aromatic amines is 1. The SMILES string of the molecule is CN1C(=O)COc2ccc(C(=O)c3[nH]c4ccccc4c3CC(=O)O)cc21. The van der Waals surface area contributed by atoms with Crippen molar-refractivity contribution < 1.29 is 24.2 Å². The summed E-state index contributed by atoms with van der Waals surface area (Å²) < 4.78 is 5.38. The molecule has 0 saturated carbocycles. The number of carbonyl (C=O) groups is 3. The zero-order chi connectivity index (χ0) is 19.1. The lowest BCUT2D eigenvalue weighted by molar-refractivity contribution is -0.136. The Morgan fingerprint density at radius 1 is 1.22 bits per heavy atom. The van der Waals surface area contributed by atoms with Gasteiger partial charge in [0.1, 0.15) is 5.75 Å². The van der Waals surface area contributed by atoms with Crippen LogP contribution in [0.2, 0.25) is 0 Å². The number of ketones is 1. The van der Waals surface area contributed by atoms with Crippen molar-refractivity contribution in [1.82, 2.24) is 4.98 Å². The maximum absolute atomic E-state index is 13.1. The first-order valence-corrected chi connectivity index (χ1v) is 8.35. The van der Waals surface area contributed by atoms with E-state index in [9.17, 15) is 19.5 Å². The van der Waals surface area contributed by atoms with Gasteiger partial charge in [-0.05, 0) is 24.3 Å². The highest BCUT2D eigenvalue weighted by molar-refractivity contribution is 6.13. The maximum Gasteiger partial charge on any atom is 0.307 e. The summed E-state index contributed by atoms with van der Waals surface area (Å²) in [6.07, 6.45) is -0.266. The molecule has 0 spiro atoms. The van der Waals surface area contributed by atoms with Gasteiger partial charge in [0, 0.05) is 29.1 Å². The largest absolute Gasteiger partial charge is 0.482 e. The summed E-state index contributed by atoms with van der Waals surface area (Å²) in [5.74, 6) is -1.03. The van der Waals surface area contributed by atoms with Crippen LogP contribution in [-0.2, 0) is 16.0 Å². The molecule has 27 heavy (non-hydrogen) atoms. The maximum atomic E-state index is 13.1. The first-order valence-electron chi connectivity index (χ1n) is 8.35. The van der Waals surface area contributed by atoms with Crippen LogP contribution in [0.5, 0.6) is 5.75 Å². The molecule has 7 heteroatoms. The zero-order valence-electron chi connectivity index (χ0n) is 14.5. The van der Waals surface area contributed by atoms with Gasteiger partial charge in [-0.25, -0.2) is 0 Å². The molecule has 1 aromatic heterocycles. The second-order valence-corrected chi connectivity index (χ2v) is 6.35. The van der Waals surface area contributed by atoms with E-state index in [1.165, 1.54) is 4.90 Å². The van der Waals surface area contributed by atoms with Gasteiger partial charge in [-0.3, -0.25) is 14.4 Å². The van der Waals surface area contributed by atoms with E-state index in [1.54, 1.807) is 43.4 Å². The number of para-hydroxylation sites is 1. The molecule has 2 aromatic carbocycles. The monoisotopic (exact) mass is 364 g/mol. The number of aromatic nitrogens is 1. The Morgan fingerprint density at radius 2 is 2.00 bits per heavy atom. The molecular formula is C20H16N2O5. The predicted molar refractivity (Wildman–Crippen MR) is 98.4 cm³/mol. The van der Waals surface area contributed by atoms with Crippen LogP contribution in [0, 0.1) is 0 Å². The Labute approximate surface area is 154 Å². The highest BCUT2D eigenvalue weighted by atomic mass is 16.5. The van der Waals surface area contributed by atoms with Crippen LogP contribution < -0.4 is 9.64 Å². The number of aliphatic carboxylic acids is 1. The Bertz CT molecular complexity index is 1100. The Hall–Kier alpha value is -3.61. The molecule has 136 valence electrons. The number of fused-ring (bicyclic) bond motifs is 2. The predicted octanol–water partition coefficient (Wildman–Crippen LogP) is 2.38. The number of H-pyrrole nitrogens is 1. The zero-order valence-corrected chi connectivity index (χ0v) is 14.5. The number of nitrogens with one attached hydrogen (secondary N) is 1. The molecule has 3 aromatic rings. The van der Waals surface area contributed by atoms with Crippen molar-refractivity contribution in [1.29, 1.82) is 0 Å². The fraction of sp³-hybridized carbons (Fsp3) is 0.150. The van der Waals surface area contributed by atoms with E-state index in [0.29, 0.717) is 33.5 Å². The number of nitrogens with zero attached hydrogens (tertiary/aromatic N) is 1. The number of likely N-dealkylation sites (N-methyl/N-ethyl adjacent to an activating group) is 1. The third kappa shape index (κ3) is 2.83. The lowest BCUT2D eigenvalue weighted by atomic mass is 10.0. The highest BCUT2D eigenvalue weighted by Crippen LogP contribution is 2.33. The Kier molecular flexibility index (Phi) is 3.92.